The molecular formula is C12H16ClNO2. The Morgan fingerprint density at radius 3 is 2.38 bits per heavy atom. The van der Waals surface area contributed by atoms with Crippen LogP contribution in [0.2, 0.25) is 5.02 Å². The molecule has 0 aliphatic carbocycles. The third-order valence-electron chi connectivity index (χ3n) is 2.30. The van der Waals surface area contributed by atoms with E-state index in [0.29, 0.717) is 5.02 Å². The minimum Gasteiger partial charge on any atom is -0.394 e. The molecule has 4 heteroatoms. The number of carbonyl (C=O) groups excluding carboxylic acids is 1. The fraction of sp³-hybridized carbons (Fsp3) is 0.417. The van der Waals surface area contributed by atoms with Crippen molar-refractivity contribution in [3.05, 3.63) is 34.9 Å². The summed E-state index contributed by atoms with van der Waals surface area (Å²) in [7, 11) is 0. The summed E-state index contributed by atoms with van der Waals surface area (Å²) >= 11 is 5.77. The summed E-state index contributed by atoms with van der Waals surface area (Å²) in [4.78, 5) is 11.5. The summed E-state index contributed by atoms with van der Waals surface area (Å²) in [5, 5.41) is 12.6. The van der Waals surface area contributed by atoms with Gasteiger partial charge in [-0.2, -0.15) is 0 Å². The topological polar surface area (TPSA) is 49.3 Å². The van der Waals surface area contributed by atoms with Gasteiger partial charge in [-0.15, -0.1) is 0 Å². The quantitative estimate of drug-likeness (QED) is 0.849. The highest BCUT2D eigenvalue weighted by Gasteiger charge is 2.15. The van der Waals surface area contributed by atoms with E-state index in [1.54, 1.807) is 24.3 Å². The van der Waals surface area contributed by atoms with E-state index in [4.69, 9.17) is 11.6 Å². The van der Waals surface area contributed by atoms with E-state index in [9.17, 15) is 9.90 Å². The van der Waals surface area contributed by atoms with Crippen LogP contribution < -0.4 is 5.32 Å². The summed E-state index contributed by atoms with van der Waals surface area (Å²) in [5.74, 6) is -0.171. The average molecular weight is 242 g/mol. The molecule has 0 spiro atoms. The van der Waals surface area contributed by atoms with Crippen molar-refractivity contribution in [1.82, 2.24) is 5.32 Å². The molecule has 0 fully saturated rings. The predicted octanol–water partition coefficient (Wildman–Crippen LogP) is 2.15. The molecule has 0 saturated carbocycles. The molecule has 1 unspecified atom stereocenters. The molecule has 0 heterocycles. The molecule has 16 heavy (non-hydrogen) atoms. The third kappa shape index (κ3) is 3.51. The van der Waals surface area contributed by atoms with Crippen molar-refractivity contribution in [2.45, 2.75) is 19.9 Å². The van der Waals surface area contributed by atoms with Gasteiger partial charge in [-0.05, 0) is 17.7 Å². The van der Waals surface area contributed by atoms with Crippen LogP contribution in [0.15, 0.2) is 24.3 Å². The number of hydrogen-bond donors (Lipinski definition) is 2. The molecule has 1 atom stereocenters. The van der Waals surface area contributed by atoms with Crippen molar-refractivity contribution in [3.63, 3.8) is 0 Å². The van der Waals surface area contributed by atoms with Crippen molar-refractivity contribution in [1.29, 1.82) is 0 Å². The van der Waals surface area contributed by atoms with Crippen molar-refractivity contribution < 1.29 is 9.90 Å². The van der Waals surface area contributed by atoms with Crippen LogP contribution in [0.25, 0.3) is 0 Å². The number of aliphatic hydroxyl groups is 1. The van der Waals surface area contributed by atoms with Crippen molar-refractivity contribution in [2.75, 3.05) is 6.61 Å². The molecule has 0 bridgehead atoms. The molecule has 0 saturated heterocycles. The van der Waals surface area contributed by atoms with Crippen LogP contribution in [0.3, 0.4) is 0 Å². The number of nitrogens with one attached hydrogen (secondary N) is 1. The van der Waals surface area contributed by atoms with Crippen molar-refractivity contribution in [2.24, 2.45) is 5.92 Å². The van der Waals surface area contributed by atoms with E-state index >= 15 is 0 Å². The summed E-state index contributed by atoms with van der Waals surface area (Å²) in [6.07, 6.45) is 0. The first-order chi connectivity index (χ1) is 7.54. The largest absolute Gasteiger partial charge is 0.394 e. The van der Waals surface area contributed by atoms with Crippen LogP contribution in [0.5, 0.6) is 0 Å². The first kappa shape index (κ1) is 13.0. The number of aliphatic hydroxyl groups excluding tert-OH is 1. The number of hydrogen-bond acceptors (Lipinski definition) is 2. The number of rotatable bonds is 4. The fourth-order valence-corrected chi connectivity index (χ4v) is 1.39. The van der Waals surface area contributed by atoms with Gasteiger partial charge in [0.1, 0.15) is 0 Å². The van der Waals surface area contributed by atoms with Gasteiger partial charge in [0, 0.05) is 10.9 Å². The lowest BCUT2D eigenvalue weighted by Gasteiger charge is -2.18. The second kappa shape index (κ2) is 5.87. The van der Waals surface area contributed by atoms with E-state index in [1.165, 1.54) is 0 Å². The zero-order valence-electron chi connectivity index (χ0n) is 9.40. The van der Waals surface area contributed by atoms with Gasteiger partial charge in [-0.25, -0.2) is 0 Å². The Morgan fingerprint density at radius 2 is 1.94 bits per heavy atom. The van der Waals surface area contributed by atoms with Gasteiger partial charge >= 0.3 is 0 Å². The maximum atomic E-state index is 11.5. The van der Waals surface area contributed by atoms with Crippen LogP contribution in [0, 0.1) is 5.92 Å². The SMILES string of the molecule is CC(C)C(=O)NC(CO)c1ccc(Cl)cc1. The van der Waals surface area contributed by atoms with Crippen molar-refractivity contribution in [3.8, 4) is 0 Å². The summed E-state index contributed by atoms with van der Waals surface area (Å²) in [6.45, 7) is 3.50. The Balaban J connectivity index is 2.74. The zero-order chi connectivity index (χ0) is 12.1. The molecule has 88 valence electrons. The lowest BCUT2D eigenvalue weighted by atomic mass is 10.1. The highest BCUT2D eigenvalue weighted by atomic mass is 35.5. The lowest BCUT2D eigenvalue weighted by molar-refractivity contribution is -0.125. The smallest absolute Gasteiger partial charge is 0.223 e. The zero-order valence-corrected chi connectivity index (χ0v) is 10.2. The summed E-state index contributed by atoms with van der Waals surface area (Å²) in [6, 6.07) is 6.70. The minimum absolute atomic E-state index is 0.0750. The van der Waals surface area contributed by atoms with E-state index in [0.717, 1.165) is 5.56 Å². The molecular weight excluding hydrogens is 226 g/mol. The first-order valence-electron chi connectivity index (χ1n) is 5.21. The Kier molecular flexibility index (Phi) is 4.77. The van der Waals surface area contributed by atoms with E-state index in [2.05, 4.69) is 5.32 Å². The Bertz CT molecular complexity index is 349. The molecule has 0 aromatic heterocycles. The second-order valence-corrected chi connectivity index (χ2v) is 4.39. The lowest BCUT2D eigenvalue weighted by Crippen LogP contribution is -2.33. The second-order valence-electron chi connectivity index (χ2n) is 3.95. The van der Waals surface area contributed by atoms with Crippen LogP contribution in [0.1, 0.15) is 25.5 Å². The maximum absolute atomic E-state index is 11.5. The summed E-state index contributed by atoms with van der Waals surface area (Å²) in [5.41, 5.74) is 0.848. The molecule has 3 nitrogen and oxygen atoms in total. The number of amides is 1. The molecule has 0 aliphatic heterocycles. The van der Waals surface area contributed by atoms with Gasteiger partial charge in [0.2, 0.25) is 5.91 Å². The van der Waals surface area contributed by atoms with Gasteiger partial charge < -0.3 is 10.4 Å². The highest BCUT2D eigenvalue weighted by Crippen LogP contribution is 2.16. The van der Waals surface area contributed by atoms with Gasteiger partial charge in [0.25, 0.3) is 0 Å². The normalized spacial score (nSPS) is 12.6. The Labute approximate surface area is 100 Å². The number of carbonyl (C=O) groups is 1. The monoisotopic (exact) mass is 241 g/mol. The van der Waals surface area contributed by atoms with Crippen LogP contribution >= 0.6 is 11.6 Å². The average Bonchev–Trinajstić information content (AvgIpc) is 2.26. The Morgan fingerprint density at radius 1 is 1.38 bits per heavy atom. The van der Waals surface area contributed by atoms with Gasteiger partial charge in [0.05, 0.1) is 12.6 Å². The van der Waals surface area contributed by atoms with Gasteiger partial charge in [-0.1, -0.05) is 37.6 Å². The minimum atomic E-state index is -0.368. The third-order valence-corrected chi connectivity index (χ3v) is 2.55. The van der Waals surface area contributed by atoms with Crippen LogP contribution in [0.4, 0.5) is 0 Å². The molecule has 2 N–H and O–H groups in total. The van der Waals surface area contributed by atoms with Gasteiger partial charge in [0.15, 0.2) is 0 Å². The van der Waals surface area contributed by atoms with E-state index < -0.39 is 0 Å². The standard InChI is InChI=1S/C12H16ClNO2/c1-8(2)12(16)14-11(7-15)9-3-5-10(13)6-4-9/h3-6,8,11,15H,7H2,1-2H3,(H,14,16). The number of halogens is 1. The van der Waals surface area contributed by atoms with Crippen molar-refractivity contribution >= 4 is 17.5 Å². The maximum Gasteiger partial charge on any atom is 0.223 e. The molecule has 1 amide bonds. The fourth-order valence-electron chi connectivity index (χ4n) is 1.27. The molecule has 1 rings (SSSR count). The van der Waals surface area contributed by atoms with Gasteiger partial charge in [-0.3, -0.25) is 4.79 Å². The predicted molar refractivity (Wildman–Crippen MR) is 64.3 cm³/mol. The van der Waals surface area contributed by atoms with Crippen LogP contribution in [-0.2, 0) is 4.79 Å². The number of benzene rings is 1. The molecule has 0 radical (unpaired) electrons. The van der Waals surface area contributed by atoms with E-state index in [-0.39, 0.29) is 24.5 Å². The highest BCUT2D eigenvalue weighted by molar-refractivity contribution is 6.30. The summed E-state index contributed by atoms with van der Waals surface area (Å²) < 4.78 is 0. The first-order valence-corrected chi connectivity index (χ1v) is 5.59. The molecule has 1 aromatic carbocycles. The molecule has 0 aliphatic rings. The molecule has 1 aromatic rings. The Hall–Kier alpha value is -1.06. The van der Waals surface area contributed by atoms with Crippen LogP contribution in [-0.4, -0.2) is 17.6 Å². The van der Waals surface area contributed by atoms with E-state index in [1.807, 2.05) is 13.8 Å².